The number of benzene rings is 6. The summed E-state index contributed by atoms with van der Waals surface area (Å²) in [6.07, 6.45) is 8.19. The minimum Gasteiger partial charge on any atom is -0.381 e. The van der Waals surface area contributed by atoms with Gasteiger partial charge >= 0.3 is 0 Å². The summed E-state index contributed by atoms with van der Waals surface area (Å²) in [6.45, 7) is 0.834. The molecule has 9 aromatic rings. The summed E-state index contributed by atoms with van der Waals surface area (Å²) in [5.74, 6) is 0.700. The Morgan fingerprint density at radius 2 is 1.09 bits per heavy atom. The summed E-state index contributed by atoms with van der Waals surface area (Å²) < 4.78 is 2.29. The molecule has 260 valence electrons. The Hall–Kier alpha value is -6.95. The number of fused-ring (bicyclic) bond motifs is 3. The molecule has 1 aliphatic rings. The maximum absolute atomic E-state index is 5.41. The van der Waals surface area contributed by atoms with E-state index in [-0.39, 0.29) is 0 Å². The average molecular weight is 723 g/mol. The molecule has 1 aliphatic heterocycles. The van der Waals surface area contributed by atoms with Crippen LogP contribution in [-0.2, 0) is 0 Å². The van der Waals surface area contributed by atoms with E-state index in [1.807, 2.05) is 24.4 Å². The third-order valence-electron chi connectivity index (χ3n) is 10.2. The molecular formula is C50H34N4S. The highest BCUT2D eigenvalue weighted by molar-refractivity contribution is 7.26. The van der Waals surface area contributed by atoms with Crippen LogP contribution in [0.15, 0.2) is 188 Å². The summed E-state index contributed by atoms with van der Waals surface area (Å²) in [7, 11) is 0. The molecule has 0 atom stereocenters. The van der Waals surface area contributed by atoms with Gasteiger partial charge in [0.25, 0.3) is 0 Å². The molecule has 0 fully saturated rings. The summed E-state index contributed by atoms with van der Waals surface area (Å²) in [4.78, 5) is 15.3. The van der Waals surface area contributed by atoms with Crippen molar-refractivity contribution in [1.82, 2.24) is 20.3 Å². The number of nitrogens with one attached hydrogen (secondary N) is 1. The first-order valence-electron chi connectivity index (χ1n) is 18.5. The van der Waals surface area contributed by atoms with E-state index in [2.05, 4.69) is 174 Å². The van der Waals surface area contributed by atoms with E-state index < -0.39 is 0 Å². The third-order valence-corrected chi connectivity index (χ3v) is 11.4. The van der Waals surface area contributed by atoms with Crippen molar-refractivity contribution in [2.45, 2.75) is 0 Å². The molecule has 0 unspecified atom stereocenters. The van der Waals surface area contributed by atoms with Gasteiger partial charge in [0.05, 0.1) is 21.6 Å². The zero-order chi connectivity index (χ0) is 36.6. The van der Waals surface area contributed by atoms with Gasteiger partial charge < -0.3 is 5.32 Å². The van der Waals surface area contributed by atoms with Gasteiger partial charge in [0.1, 0.15) is 0 Å². The number of aromatic nitrogens is 3. The van der Waals surface area contributed by atoms with Crippen LogP contribution in [0, 0.1) is 0 Å². The summed E-state index contributed by atoms with van der Waals surface area (Å²) >= 11 is 1.76. The molecule has 0 amide bonds. The lowest BCUT2D eigenvalue weighted by Crippen LogP contribution is -2.14. The Labute approximate surface area is 323 Å². The van der Waals surface area contributed by atoms with Gasteiger partial charge in [-0.15, -0.1) is 11.3 Å². The van der Waals surface area contributed by atoms with E-state index in [9.17, 15) is 0 Å². The zero-order valence-electron chi connectivity index (χ0n) is 29.9. The van der Waals surface area contributed by atoms with Crippen molar-refractivity contribution in [3.63, 3.8) is 0 Å². The molecule has 3 aromatic heterocycles. The molecule has 55 heavy (non-hydrogen) atoms. The largest absolute Gasteiger partial charge is 0.381 e. The van der Waals surface area contributed by atoms with Crippen LogP contribution in [0.5, 0.6) is 0 Å². The van der Waals surface area contributed by atoms with Gasteiger partial charge in [-0.3, -0.25) is 4.98 Å². The van der Waals surface area contributed by atoms with Crippen LogP contribution in [0.4, 0.5) is 0 Å². The Kier molecular flexibility index (Phi) is 8.39. The predicted octanol–water partition coefficient (Wildman–Crippen LogP) is 12.7. The second-order valence-corrected chi connectivity index (χ2v) is 14.7. The Bertz CT molecular complexity index is 2870. The van der Waals surface area contributed by atoms with E-state index in [0.717, 1.165) is 83.7 Å². The number of rotatable bonds is 7. The predicted molar refractivity (Wildman–Crippen MR) is 230 cm³/mol. The molecule has 5 heteroatoms. The number of pyridine rings is 1. The van der Waals surface area contributed by atoms with Crippen LogP contribution in [0.3, 0.4) is 0 Å². The quantitative estimate of drug-likeness (QED) is 0.178. The van der Waals surface area contributed by atoms with Crippen molar-refractivity contribution in [3.05, 3.63) is 194 Å². The van der Waals surface area contributed by atoms with Crippen LogP contribution < -0.4 is 5.32 Å². The Morgan fingerprint density at radius 1 is 0.491 bits per heavy atom. The van der Waals surface area contributed by atoms with Crippen LogP contribution >= 0.6 is 11.3 Å². The topological polar surface area (TPSA) is 50.7 Å². The van der Waals surface area contributed by atoms with E-state index >= 15 is 0 Å². The van der Waals surface area contributed by atoms with Gasteiger partial charge in [-0.2, -0.15) is 0 Å². The van der Waals surface area contributed by atoms with Crippen LogP contribution in [0.2, 0.25) is 0 Å². The molecule has 4 heterocycles. The fourth-order valence-corrected chi connectivity index (χ4v) is 8.48. The Balaban J connectivity index is 1.13. The lowest BCUT2D eigenvalue weighted by atomic mass is 9.94. The number of hydrogen-bond donors (Lipinski definition) is 1. The molecular weight excluding hydrogens is 689 g/mol. The molecule has 10 rings (SSSR count). The molecule has 0 saturated carbocycles. The minimum atomic E-state index is 0.700. The molecule has 0 bridgehead atoms. The summed E-state index contributed by atoms with van der Waals surface area (Å²) in [5.41, 5.74) is 15.1. The summed E-state index contributed by atoms with van der Waals surface area (Å²) in [6, 6.07) is 58.0. The van der Waals surface area contributed by atoms with E-state index in [1.165, 1.54) is 15.8 Å². The fraction of sp³-hybridized carbons (Fsp3) is 0.0200. The average Bonchev–Trinajstić information content (AvgIpc) is 3.66. The molecule has 4 nitrogen and oxygen atoms in total. The standard InChI is InChI=1S/C50H34N4S/c1-2-10-33(11-3-1)34-20-26-39(27-21-34)47-49-48(43-12-4-5-15-46(43)55-49)54-50(53-47)42-31-40(35-16-22-37(23-17-35)44-13-6-8-28-51-44)30-41(32-42)36-18-24-38(25-19-36)45-14-7-9-29-52-45/h1-28,30-32,52H,29H2. The third kappa shape index (κ3) is 6.41. The number of nitrogens with zero attached hydrogens (tertiary/aromatic N) is 3. The van der Waals surface area contributed by atoms with Crippen LogP contribution in [0.25, 0.3) is 93.3 Å². The monoisotopic (exact) mass is 722 g/mol. The normalized spacial score (nSPS) is 12.5. The number of allylic oxidation sites excluding steroid dienone is 2. The highest BCUT2D eigenvalue weighted by Crippen LogP contribution is 2.41. The first kappa shape index (κ1) is 32.7. The van der Waals surface area contributed by atoms with Gasteiger partial charge in [-0.1, -0.05) is 140 Å². The maximum atomic E-state index is 5.41. The highest BCUT2D eigenvalue weighted by Gasteiger charge is 2.18. The van der Waals surface area contributed by atoms with Crippen molar-refractivity contribution in [2.75, 3.05) is 6.54 Å². The molecule has 6 aromatic carbocycles. The van der Waals surface area contributed by atoms with Crippen molar-refractivity contribution >= 4 is 37.3 Å². The smallest absolute Gasteiger partial charge is 0.160 e. The molecule has 1 N–H and O–H groups in total. The van der Waals surface area contributed by atoms with Crippen molar-refractivity contribution < 1.29 is 0 Å². The number of dihydropyridines is 1. The van der Waals surface area contributed by atoms with Gasteiger partial charge in [0.2, 0.25) is 0 Å². The highest BCUT2D eigenvalue weighted by atomic mass is 32.1. The van der Waals surface area contributed by atoms with Crippen molar-refractivity contribution in [3.8, 4) is 67.3 Å². The number of thiophene rings is 1. The Morgan fingerprint density at radius 3 is 1.78 bits per heavy atom. The van der Waals surface area contributed by atoms with E-state index in [0.29, 0.717) is 5.82 Å². The number of hydrogen-bond acceptors (Lipinski definition) is 5. The van der Waals surface area contributed by atoms with Gasteiger partial charge in [0, 0.05) is 45.2 Å². The lowest BCUT2D eigenvalue weighted by molar-refractivity contribution is 0.996. The van der Waals surface area contributed by atoms with Gasteiger partial charge in [-0.25, -0.2) is 9.97 Å². The van der Waals surface area contributed by atoms with E-state index in [1.54, 1.807) is 11.3 Å². The SMILES string of the molecule is C1=CCNC(c2ccc(-c3cc(-c4ccc(-c5ccccn5)cc4)cc(-c4nc(-c5ccc(-c6ccccc6)cc5)c5sc6ccccc6c5n4)c3)cc2)=C1. The van der Waals surface area contributed by atoms with Crippen molar-refractivity contribution in [1.29, 1.82) is 0 Å². The van der Waals surface area contributed by atoms with Crippen LogP contribution in [0.1, 0.15) is 5.56 Å². The molecule has 0 aliphatic carbocycles. The second-order valence-electron chi connectivity index (χ2n) is 13.7. The zero-order valence-corrected chi connectivity index (χ0v) is 30.7. The maximum Gasteiger partial charge on any atom is 0.160 e. The van der Waals surface area contributed by atoms with Crippen molar-refractivity contribution in [2.24, 2.45) is 0 Å². The second kappa shape index (κ2) is 14.1. The minimum absolute atomic E-state index is 0.700. The summed E-state index contributed by atoms with van der Waals surface area (Å²) in [5, 5.41) is 4.63. The molecule has 0 radical (unpaired) electrons. The van der Waals surface area contributed by atoms with Gasteiger partial charge in [0.15, 0.2) is 5.82 Å². The van der Waals surface area contributed by atoms with E-state index in [4.69, 9.17) is 9.97 Å². The van der Waals surface area contributed by atoms with Gasteiger partial charge in [-0.05, 0) is 81.4 Å². The van der Waals surface area contributed by atoms with Crippen LogP contribution in [-0.4, -0.2) is 21.5 Å². The molecule has 0 spiro atoms. The first-order valence-corrected chi connectivity index (χ1v) is 19.3. The lowest BCUT2D eigenvalue weighted by Gasteiger charge is -2.14. The first-order chi connectivity index (χ1) is 27.2. The fourth-order valence-electron chi connectivity index (χ4n) is 7.32. The molecule has 0 saturated heterocycles.